The molecular formula is C16H28ClN3O2S. The number of hydrogen-bond acceptors (Lipinski definition) is 3. The highest BCUT2D eigenvalue weighted by Crippen LogP contribution is 2.29. The molecule has 1 saturated carbocycles. The molecule has 0 heterocycles. The Morgan fingerprint density at radius 2 is 1.74 bits per heavy atom. The minimum atomic E-state index is -3.44. The summed E-state index contributed by atoms with van der Waals surface area (Å²) in [5.41, 5.74) is 8.29. The lowest BCUT2D eigenvalue weighted by molar-refractivity contribution is 0.440. The molecule has 1 unspecified atom stereocenters. The molecule has 132 valence electrons. The lowest BCUT2D eigenvalue weighted by Gasteiger charge is -2.20. The van der Waals surface area contributed by atoms with Crippen LogP contribution in [-0.4, -0.2) is 32.9 Å². The molecular weight excluding hydrogens is 334 g/mol. The summed E-state index contributed by atoms with van der Waals surface area (Å²) in [6.07, 6.45) is 2.25. The van der Waals surface area contributed by atoms with Gasteiger partial charge in [-0.2, -0.15) is 12.7 Å². The first-order valence-corrected chi connectivity index (χ1v) is 9.30. The van der Waals surface area contributed by atoms with Crippen LogP contribution in [-0.2, 0) is 10.2 Å². The third kappa shape index (κ3) is 6.04. The van der Waals surface area contributed by atoms with Gasteiger partial charge in [-0.1, -0.05) is 38.1 Å². The smallest absolute Gasteiger partial charge is 0.279 e. The number of nitrogens with two attached hydrogens (primary N) is 1. The normalized spacial score (nSPS) is 16.4. The van der Waals surface area contributed by atoms with E-state index < -0.39 is 10.2 Å². The molecule has 0 amide bonds. The van der Waals surface area contributed by atoms with Gasteiger partial charge < -0.3 is 5.73 Å². The fraction of sp³-hybridized carbons (Fsp3) is 0.625. The van der Waals surface area contributed by atoms with Crippen LogP contribution in [0.3, 0.4) is 0 Å². The van der Waals surface area contributed by atoms with Gasteiger partial charge in [0.2, 0.25) is 0 Å². The van der Waals surface area contributed by atoms with Crippen LogP contribution in [0.15, 0.2) is 24.3 Å². The van der Waals surface area contributed by atoms with Crippen LogP contribution < -0.4 is 10.5 Å². The van der Waals surface area contributed by atoms with E-state index in [9.17, 15) is 8.42 Å². The van der Waals surface area contributed by atoms with Crippen LogP contribution in [0.25, 0.3) is 0 Å². The van der Waals surface area contributed by atoms with Crippen LogP contribution in [0, 0.1) is 5.92 Å². The van der Waals surface area contributed by atoms with Crippen molar-refractivity contribution in [3.8, 4) is 0 Å². The third-order valence-corrected chi connectivity index (χ3v) is 5.64. The first-order chi connectivity index (χ1) is 10.3. The molecule has 1 atom stereocenters. The van der Waals surface area contributed by atoms with E-state index in [4.69, 9.17) is 5.73 Å². The van der Waals surface area contributed by atoms with Gasteiger partial charge in [0.25, 0.3) is 10.2 Å². The van der Waals surface area contributed by atoms with E-state index in [0.717, 1.165) is 18.4 Å². The first-order valence-electron chi connectivity index (χ1n) is 7.86. The highest BCUT2D eigenvalue weighted by atomic mass is 35.5. The van der Waals surface area contributed by atoms with E-state index in [1.807, 2.05) is 24.3 Å². The maximum Gasteiger partial charge on any atom is 0.279 e. The number of benzene rings is 1. The number of nitrogens with one attached hydrogen (secondary N) is 1. The minimum absolute atomic E-state index is 0. The summed E-state index contributed by atoms with van der Waals surface area (Å²) < 4.78 is 28.3. The van der Waals surface area contributed by atoms with Gasteiger partial charge in [0, 0.05) is 26.2 Å². The molecule has 1 fully saturated rings. The Bertz CT molecular complexity index is 586. The van der Waals surface area contributed by atoms with E-state index in [0.29, 0.717) is 18.4 Å². The van der Waals surface area contributed by atoms with Crippen LogP contribution in [0.1, 0.15) is 49.8 Å². The van der Waals surface area contributed by atoms with Gasteiger partial charge in [0.05, 0.1) is 0 Å². The topological polar surface area (TPSA) is 75.4 Å². The zero-order valence-electron chi connectivity index (χ0n) is 14.0. The number of hydrogen-bond donors (Lipinski definition) is 2. The molecule has 3 N–H and O–H groups in total. The maximum atomic E-state index is 12.1. The largest absolute Gasteiger partial charge is 0.323 e. The van der Waals surface area contributed by atoms with Gasteiger partial charge >= 0.3 is 0 Å². The third-order valence-electron chi connectivity index (χ3n) is 4.14. The van der Waals surface area contributed by atoms with Crippen molar-refractivity contribution >= 4 is 22.6 Å². The lowest BCUT2D eigenvalue weighted by atomic mass is 9.99. The molecule has 2 rings (SSSR count). The Balaban J connectivity index is 0.00000264. The summed E-state index contributed by atoms with van der Waals surface area (Å²) in [6.45, 7) is 5.07. The molecule has 1 aliphatic rings. The second kappa shape index (κ2) is 8.44. The van der Waals surface area contributed by atoms with Crippen molar-refractivity contribution in [3.05, 3.63) is 35.4 Å². The summed E-state index contributed by atoms with van der Waals surface area (Å²) in [4.78, 5) is 0. The van der Waals surface area contributed by atoms with Crippen molar-refractivity contribution in [2.75, 3.05) is 20.1 Å². The number of rotatable bonds is 8. The molecule has 5 nitrogen and oxygen atoms in total. The number of nitrogens with zero attached hydrogens (tertiary/aromatic N) is 1. The maximum absolute atomic E-state index is 12.1. The van der Waals surface area contributed by atoms with Crippen LogP contribution in [0.5, 0.6) is 0 Å². The van der Waals surface area contributed by atoms with E-state index >= 15 is 0 Å². The molecule has 1 aliphatic carbocycles. The fourth-order valence-electron chi connectivity index (χ4n) is 2.31. The molecule has 0 aromatic heterocycles. The second-order valence-electron chi connectivity index (χ2n) is 6.51. The highest BCUT2D eigenvalue weighted by molar-refractivity contribution is 7.87. The second-order valence-corrected chi connectivity index (χ2v) is 8.37. The molecule has 0 spiro atoms. The summed E-state index contributed by atoms with van der Waals surface area (Å²) in [7, 11) is -1.82. The van der Waals surface area contributed by atoms with Gasteiger partial charge in [-0.3, -0.25) is 0 Å². The van der Waals surface area contributed by atoms with E-state index in [-0.39, 0.29) is 25.0 Å². The predicted molar refractivity (Wildman–Crippen MR) is 97.0 cm³/mol. The van der Waals surface area contributed by atoms with Crippen LogP contribution in [0.2, 0.25) is 0 Å². The van der Waals surface area contributed by atoms with Crippen molar-refractivity contribution in [3.63, 3.8) is 0 Å². The lowest BCUT2D eigenvalue weighted by Crippen LogP contribution is -2.42. The zero-order valence-corrected chi connectivity index (χ0v) is 15.7. The Kier molecular flexibility index (Phi) is 7.48. The minimum Gasteiger partial charge on any atom is -0.323 e. The Morgan fingerprint density at radius 3 is 2.22 bits per heavy atom. The molecule has 1 aromatic rings. The molecule has 0 saturated heterocycles. The SMILES string of the molecule is CC(C)c1ccc(C(N)CNS(=O)(=O)N(C)CC2CC2)cc1.Cl. The van der Waals surface area contributed by atoms with Crippen molar-refractivity contribution in [2.24, 2.45) is 11.7 Å². The quantitative estimate of drug-likeness (QED) is 0.746. The van der Waals surface area contributed by atoms with E-state index in [1.165, 1.54) is 9.87 Å². The van der Waals surface area contributed by atoms with Gasteiger partial charge in [-0.15, -0.1) is 12.4 Å². The Hall–Kier alpha value is -0.660. The average molecular weight is 362 g/mol. The van der Waals surface area contributed by atoms with E-state index in [1.54, 1.807) is 7.05 Å². The average Bonchev–Trinajstić information content (AvgIpc) is 3.28. The molecule has 0 radical (unpaired) electrons. The van der Waals surface area contributed by atoms with Crippen LogP contribution in [0.4, 0.5) is 0 Å². The standard InChI is InChI=1S/C16H27N3O2S.ClH/c1-12(2)14-6-8-15(9-7-14)16(17)10-18-22(20,21)19(3)11-13-4-5-13;/h6-9,12-13,16,18H,4-5,10-11,17H2,1-3H3;1H. The molecule has 0 aliphatic heterocycles. The Labute approximate surface area is 146 Å². The van der Waals surface area contributed by atoms with Crippen molar-refractivity contribution in [2.45, 2.75) is 38.6 Å². The first kappa shape index (κ1) is 20.4. The van der Waals surface area contributed by atoms with Gasteiger partial charge in [-0.25, -0.2) is 4.72 Å². The van der Waals surface area contributed by atoms with Gasteiger partial charge in [0.1, 0.15) is 0 Å². The molecule has 23 heavy (non-hydrogen) atoms. The molecule has 1 aromatic carbocycles. The molecule has 7 heteroatoms. The monoisotopic (exact) mass is 361 g/mol. The Morgan fingerprint density at radius 1 is 1.22 bits per heavy atom. The highest BCUT2D eigenvalue weighted by Gasteiger charge is 2.28. The van der Waals surface area contributed by atoms with Crippen LogP contribution >= 0.6 is 12.4 Å². The van der Waals surface area contributed by atoms with Gasteiger partial charge in [-0.05, 0) is 35.8 Å². The summed E-state index contributed by atoms with van der Waals surface area (Å²) in [5.74, 6) is 0.999. The summed E-state index contributed by atoms with van der Waals surface area (Å²) in [6, 6.07) is 7.70. The zero-order chi connectivity index (χ0) is 16.3. The number of halogens is 1. The van der Waals surface area contributed by atoms with Crippen molar-refractivity contribution in [1.82, 2.24) is 9.03 Å². The van der Waals surface area contributed by atoms with Crippen molar-refractivity contribution in [1.29, 1.82) is 0 Å². The van der Waals surface area contributed by atoms with Crippen molar-refractivity contribution < 1.29 is 8.42 Å². The van der Waals surface area contributed by atoms with E-state index in [2.05, 4.69) is 18.6 Å². The molecule has 0 bridgehead atoms. The van der Waals surface area contributed by atoms with Gasteiger partial charge in [0.15, 0.2) is 0 Å². The summed E-state index contributed by atoms with van der Waals surface area (Å²) in [5, 5.41) is 0. The predicted octanol–water partition coefficient (Wildman–Crippen LogP) is 2.41. The summed E-state index contributed by atoms with van der Waals surface area (Å²) >= 11 is 0. The fourth-order valence-corrected chi connectivity index (χ4v) is 3.33.